The van der Waals surface area contributed by atoms with Gasteiger partial charge in [0.25, 0.3) is 5.91 Å². The van der Waals surface area contributed by atoms with Gasteiger partial charge in [-0.05, 0) is 42.5 Å². The number of carbonyl (C=O) groups excluding carboxylic acids is 2. The Morgan fingerprint density at radius 1 is 0.929 bits per heavy atom. The first kappa shape index (κ1) is 20.1. The molecule has 0 N–H and O–H groups in total. The fourth-order valence-corrected chi connectivity index (χ4v) is 3.51. The molecule has 1 aliphatic heterocycles. The van der Waals surface area contributed by atoms with Crippen molar-refractivity contribution in [1.29, 1.82) is 0 Å². The van der Waals surface area contributed by atoms with E-state index in [0.29, 0.717) is 13.0 Å². The molecule has 0 saturated carbocycles. The van der Waals surface area contributed by atoms with Crippen molar-refractivity contribution < 1.29 is 14.3 Å². The molecule has 1 aliphatic rings. The number of carbonyl (C=O) groups is 2. The minimum Gasteiger partial charge on any atom is -0.375 e. The second kappa shape index (κ2) is 10.0. The quantitative estimate of drug-likeness (QED) is 0.740. The predicted molar refractivity (Wildman–Crippen MR) is 110 cm³/mol. The number of anilines is 1. The highest BCUT2D eigenvalue weighted by Crippen LogP contribution is 2.20. The molecule has 0 unspecified atom stereocenters. The molecule has 0 atom stereocenters. The van der Waals surface area contributed by atoms with Crippen LogP contribution in [0.1, 0.15) is 30.4 Å². The highest BCUT2D eigenvalue weighted by Gasteiger charge is 2.18. The van der Waals surface area contributed by atoms with Crippen molar-refractivity contribution in [2.45, 2.75) is 32.2 Å². The Morgan fingerprint density at radius 2 is 1.61 bits per heavy atom. The molecule has 2 amide bonds. The molecule has 1 saturated heterocycles. The molecular weight excluding hydrogens is 352 g/mol. The number of hydrogen-bond acceptors (Lipinski definition) is 3. The standard InChI is InChI=1S/C23H28N2O3/c1-28-18-23(27)25(17-20-8-4-2-5-9-20)21-12-10-19(11-13-21)16-22(26)24-14-6-3-7-15-24/h2,4-5,8-13H,3,6-7,14-18H2,1H3. The molecular formula is C23H28N2O3. The van der Waals surface area contributed by atoms with E-state index in [-0.39, 0.29) is 18.4 Å². The van der Waals surface area contributed by atoms with Gasteiger partial charge in [0.05, 0.1) is 13.0 Å². The van der Waals surface area contributed by atoms with Crippen LogP contribution >= 0.6 is 0 Å². The van der Waals surface area contributed by atoms with Crippen molar-refractivity contribution in [3.63, 3.8) is 0 Å². The number of nitrogens with zero attached hydrogens (tertiary/aromatic N) is 2. The first-order chi connectivity index (χ1) is 13.7. The Hall–Kier alpha value is -2.66. The van der Waals surface area contributed by atoms with E-state index in [1.54, 1.807) is 4.90 Å². The maximum Gasteiger partial charge on any atom is 0.253 e. The number of methoxy groups -OCH3 is 1. The maximum atomic E-state index is 12.6. The van der Waals surface area contributed by atoms with Crippen molar-refractivity contribution in [3.05, 3.63) is 65.7 Å². The van der Waals surface area contributed by atoms with Crippen LogP contribution in [0.15, 0.2) is 54.6 Å². The molecule has 0 spiro atoms. The second-order valence-corrected chi connectivity index (χ2v) is 7.18. The molecule has 5 heteroatoms. The lowest BCUT2D eigenvalue weighted by Gasteiger charge is -2.27. The third kappa shape index (κ3) is 5.42. The van der Waals surface area contributed by atoms with Gasteiger partial charge in [-0.15, -0.1) is 0 Å². The summed E-state index contributed by atoms with van der Waals surface area (Å²) in [6.07, 6.45) is 3.82. The van der Waals surface area contributed by atoms with Gasteiger partial charge in [-0.1, -0.05) is 42.5 Å². The van der Waals surface area contributed by atoms with Gasteiger partial charge in [0.15, 0.2) is 0 Å². The number of rotatable bonds is 7. The Kier molecular flexibility index (Phi) is 7.20. The highest BCUT2D eigenvalue weighted by atomic mass is 16.5. The molecule has 2 aromatic carbocycles. The smallest absolute Gasteiger partial charge is 0.253 e. The third-order valence-corrected chi connectivity index (χ3v) is 5.06. The van der Waals surface area contributed by atoms with Crippen molar-refractivity contribution in [3.8, 4) is 0 Å². The number of ether oxygens (including phenoxy) is 1. The molecule has 28 heavy (non-hydrogen) atoms. The Morgan fingerprint density at radius 3 is 2.25 bits per heavy atom. The molecule has 2 aromatic rings. The van der Waals surface area contributed by atoms with Crippen molar-refractivity contribution in [1.82, 2.24) is 4.90 Å². The summed E-state index contributed by atoms with van der Waals surface area (Å²) in [4.78, 5) is 28.7. The summed E-state index contributed by atoms with van der Waals surface area (Å²) < 4.78 is 5.05. The number of hydrogen-bond donors (Lipinski definition) is 0. The van der Waals surface area contributed by atoms with E-state index in [1.165, 1.54) is 13.5 Å². The zero-order chi connectivity index (χ0) is 19.8. The topological polar surface area (TPSA) is 49.9 Å². The van der Waals surface area contributed by atoms with Crippen molar-refractivity contribution >= 4 is 17.5 Å². The number of piperidine rings is 1. The van der Waals surface area contributed by atoms with Crippen molar-refractivity contribution in [2.75, 3.05) is 31.7 Å². The summed E-state index contributed by atoms with van der Waals surface area (Å²) in [6, 6.07) is 17.6. The molecule has 0 aromatic heterocycles. The zero-order valence-electron chi connectivity index (χ0n) is 16.5. The monoisotopic (exact) mass is 380 g/mol. The van der Waals surface area contributed by atoms with Crippen LogP contribution in [0.5, 0.6) is 0 Å². The van der Waals surface area contributed by atoms with E-state index < -0.39 is 0 Å². The average molecular weight is 380 g/mol. The normalized spacial score (nSPS) is 14.0. The number of benzene rings is 2. The fraction of sp³-hybridized carbons (Fsp3) is 0.391. The minimum atomic E-state index is -0.0940. The summed E-state index contributed by atoms with van der Waals surface area (Å²) in [5.74, 6) is 0.0903. The summed E-state index contributed by atoms with van der Waals surface area (Å²) in [7, 11) is 1.52. The van der Waals surface area contributed by atoms with Crippen LogP contribution in [0.2, 0.25) is 0 Å². The van der Waals surface area contributed by atoms with Crippen LogP contribution in [0.25, 0.3) is 0 Å². The first-order valence-corrected chi connectivity index (χ1v) is 9.87. The predicted octanol–water partition coefficient (Wildman–Crippen LogP) is 3.42. The lowest BCUT2D eigenvalue weighted by Crippen LogP contribution is -2.36. The molecule has 1 fully saturated rings. The van der Waals surface area contributed by atoms with E-state index in [1.807, 2.05) is 59.5 Å². The van der Waals surface area contributed by atoms with Crippen LogP contribution in [-0.2, 0) is 27.3 Å². The number of likely N-dealkylation sites (tertiary alicyclic amines) is 1. The van der Waals surface area contributed by atoms with E-state index in [0.717, 1.165) is 42.7 Å². The van der Waals surface area contributed by atoms with Crippen molar-refractivity contribution in [2.24, 2.45) is 0 Å². The van der Waals surface area contributed by atoms with E-state index in [9.17, 15) is 9.59 Å². The molecule has 0 aliphatic carbocycles. The highest BCUT2D eigenvalue weighted by molar-refractivity contribution is 5.94. The van der Waals surface area contributed by atoms with E-state index >= 15 is 0 Å². The van der Waals surface area contributed by atoms with Gasteiger partial charge in [0.2, 0.25) is 5.91 Å². The van der Waals surface area contributed by atoms with Crippen LogP contribution in [0.3, 0.4) is 0 Å². The summed E-state index contributed by atoms with van der Waals surface area (Å²) in [5.41, 5.74) is 2.83. The Labute approximate surface area is 166 Å². The van der Waals surface area contributed by atoms with Crippen LogP contribution < -0.4 is 4.90 Å². The van der Waals surface area contributed by atoms with E-state index in [4.69, 9.17) is 4.74 Å². The van der Waals surface area contributed by atoms with Crippen LogP contribution in [0.4, 0.5) is 5.69 Å². The van der Waals surface area contributed by atoms with Gasteiger partial charge in [0.1, 0.15) is 6.61 Å². The molecule has 5 nitrogen and oxygen atoms in total. The third-order valence-electron chi connectivity index (χ3n) is 5.06. The maximum absolute atomic E-state index is 12.6. The van der Waals surface area contributed by atoms with Gasteiger partial charge in [-0.3, -0.25) is 9.59 Å². The largest absolute Gasteiger partial charge is 0.375 e. The fourth-order valence-electron chi connectivity index (χ4n) is 3.51. The lowest BCUT2D eigenvalue weighted by molar-refractivity contribution is -0.131. The molecule has 0 radical (unpaired) electrons. The van der Waals surface area contributed by atoms with Crippen LogP contribution in [0, 0.1) is 0 Å². The SMILES string of the molecule is COCC(=O)N(Cc1ccccc1)c1ccc(CC(=O)N2CCCCC2)cc1. The minimum absolute atomic E-state index is 0.0298. The second-order valence-electron chi connectivity index (χ2n) is 7.18. The summed E-state index contributed by atoms with van der Waals surface area (Å²) in [6.45, 7) is 2.25. The van der Waals surface area contributed by atoms with Gasteiger partial charge in [0, 0.05) is 25.9 Å². The molecule has 148 valence electrons. The van der Waals surface area contributed by atoms with E-state index in [2.05, 4.69) is 0 Å². The first-order valence-electron chi connectivity index (χ1n) is 9.87. The summed E-state index contributed by atoms with van der Waals surface area (Å²) in [5, 5.41) is 0. The Bertz CT molecular complexity index is 768. The van der Waals surface area contributed by atoms with Gasteiger partial charge < -0.3 is 14.5 Å². The van der Waals surface area contributed by atoms with Crippen LogP contribution in [-0.4, -0.2) is 43.5 Å². The lowest BCUT2D eigenvalue weighted by atomic mass is 10.1. The van der Waals surface area contributed by atoms with Gasteiger partial charge >= 0.3 is 0 Å². The molecule has 1 heterocycles. The molecule has 0 bridgehead atoms. The van der Waals surface area contributed by atoms with Gasteiger partial charge in [-0.2, -0.15) is 0 Å². The zero-order valence-corrected chi connectivity index (χ0v) is 16.5. The average Bonchev–Trinajstić information content (AvgIpc) is 2.74. The molecule has 3 rings (SSSR count). The van der Waals surface area contributed by atoms with Gasteiger partial charge in [-0.25, -0.2) is 0 Å². The summed E-state index contributed by atoms with van der Waals surface area (Å²) >= 11 is 0. The number of amides is 2. The Balaban J connectivity index is 1.70.